The summed E-state index contributed by atoms with van der Waals surface area (Å²) >= 11 is 0. The summed E-state index contributed by atoms with van der Waals surface area (Å²) in [7, 11) is 0. The average Bonchev–Trinajstić information content (AvgIpc) is 2.68. The number of carbonyl (C=O) groups excluding carboxylic acids is 1. The Kier molecular flexibility index (Phi) is 5.43. The van der Waals surface area contributed by atoms with E-state index in [1.54, 1.807) is 13.8 Å². The highest BCUT2D eigenvalue weighted by Crippen LogP contribution is 2.57. The quantitative estimate of drug-likeness (QED) is 0.460. The van der Waals surface area contributed by atoms with Crippen LogP contribution in [0, 0.1) is 29.6 Å². The normalized spacial score (nSPS) is 44.9. The Labute approximate surface area is 156 Å². The summed E-state index contributed by atoms with van der Waals surface area (Å²) in [6, 6.07) is 0. The van der Waals surface area contributed by atoms with Crippen LogP contribution in [0.25, 0.3) is 0 Å². The zero-order valence-corrected chi connectivity index (χ0v) is 16.9. The molecule has 0 aromatic heterocycles. The van der Waals surface area contributed by atoms with Crippen LogP contribution < -0.4 is 0 Å². The van der Waals surface area contributed by atoms with E-state index in [1.165, 1.54) is 0 Å². The number of esters is 1. The van der Waals surface area contributed by atoms with Gasteiger partial charge in [-0.05, 0) is 51.4 Å². The molecule has 0 radical (unpaired) electrons. The first-order valence-electron chi connectivity index (χ1n) is 9.98. The van der Waals surface area contributed by atoms with E-state index >= 15 is 0 Å². The lowest BCUT2D eigenvalue weighted by molar-refractivity contribution is -0.460. The lowest BCUT2D eigenvalue weighted by Crippen LogP contribution is -2.68. The predicted octanol–water partition coefficient (Wildman–Crippen LogP) is 3.98. The molecule has 3 fully saturated rings. The average molecular weight is 370 g/mol. The number of carbonyl (C=O) groups is 1. The van der Waals surface area contributed by atoms with Gasteiger partial charge >= 0.3 is 5.97 Å². The Morgan fingerprint density at radius 1 is 1.15 bits per heavy atom. The van der Waals surface area contributed by atoms with Gasteiger partial charge in [0.15, 0.2) is 11.9 Å². The highest BCUT2D eigenvalue weighted by molar-refractivity contribution is 5.71. The number of rotatable bonds is 3. The highest BCUT2D eigenvalue weighted by atomic mass is 17.1. The van der Waals surface area contributed by atoms with Crippen molar-refractivity contribution in [3.05, 3.63) is 0 Å². The van der Waals surface area contributed by atoms with Crippen molar-refractivity contribution in [3.8, 4) is 0 Å². The van der Waals surface area contributed by atoms with Gasteiger partial charge in [0, 0.05) is 11.8 Å². The van der Waals surface area contributed by atoms with Crippen molar-refractivity contribution >= 4 is 5.97 Å². The Morgan fingerprint density at radius 2 is 1.85 bits per heavy atom. The lowest BCUT2D eigenvalue weighted by atomic mass is 9.58. The monoisotopic (exact) mass is 370 g/mol. The van der Waals surface area contributed by atoms with E-state index in [9.17, 15) is 10.1 Å². The zero-order chi connectivity index (χ0) is 19.3. The van der Waals surface area contributed by atoms with Gasteiger partial charge in [-0.1, -0.05) is 27.7 Å². The maximum atomic E-state index is 12.2. The molecule has 150 valence electrons. The van der Waals surface area contributed by atoms with Crippen molar-refractivity contribution < 1.29 is 29.1 Å². The second-order valence-corrected chi connectivity index (χ2v) is 9.42. The molecule has 7 atom stereocenters. The third-order valence-electron chi connectivity index (χ3n) is 6.81. The topological polar surface area (TPSA) is 74.2 Å². The summed E-state index contributed by atoms with van der Waals surface area (Å²) in [5.74, 6) is -0.0384. The maximum Gasteiger partial charge on any atom is 0.310 e. The van der Waals surface area contributed by atoms with Gasteiger partial charge in [0.25, 0.3) is 0 Å². The van der Waals surface area contributed by atoms with E-state index in [2.05, 4.69) is 6.92 Å². The van der Waals surface area contributed by atoms with Gasteiger partial charge in [-0.2, -0.15) is 0 Å². The first kappa shape index (κ1) is 20.1. The van der Waals surface area contributed by atoms with E-state index in [-0.39, 0.29) is 29.6 Å². The molecule has 1 N–H and O–H groups in total. The Bertz CT molecular complexity index is 532. The molecule has 1 saturated carbocycles. The molecule has 6 nitrogen and oxygen atoms in total. The molecular formula is C20H34O6. The standard InChI is InChI=1S/C20H34O6/c1-11(2)16(21)23-17-13(4)15-8-7-12(3)14-9-10-19(5,6)25-18(24-17)20(14,15)26-22/h11-15,17-18,22H,7-10H2,1-6H3/t12-,13-,14+,15?,17?,18-,20-/m1/s1. The maximum absolute atomic E-state index is 12.2. The molecule has 3 rings (SSSR count). The van der Waals surface area contributed by atoms with E-state index < -0.39 is 23.8 Å². The van der Waals surface area contributed by atoms with Gasteiger partial charge in [0.2, 0.25) is 6.29 Å². The Morgan fingerprint density at radius 3 is 2.46 bits per heavy atom. The van der Waals surface area contributed by atoms with E-state index in [4.69, 9.17) is 19.1 Å². The van der Waals surface area contributed by atoms with E-state index in [0.29, 0.717) is 5.92 Å². The molecular weight excluding hydrogens is 336 g/mol. The first-order valence-corrected chi connectivity index (χ1v) is 9.98. The number of ether oxygens (including phenoxy) is 3. The molecule has 0 aromatic rings. The molecule has 2 heterocycles. The van der Waals surface area contributed by atoms with Crippen molar-refractivity contribution in [2.24, 2.45) is 29.6 Å². The van der Waals surface area contributed by atoms with Crippen LogP contribution >= 0.6 is 0 Å². The molecule has 0 spiro atoms. The SMILES string of the molecule is CC(C)C(=O)OC1O[C@@H]2OC(C)(C)CC[C@H]3[C@H](C)CCC([C@H]1C)[C@@]23OO. The van der Waals surface area contributed by atoms with Gasteiger partial charge < -0.3 is 14.2 Å². The van der Waals surface area contributed by atoms with Crippen molar-refractivity contribution in [3.63, 3.8) is 0 Å². The van der Waals surface area contributed by atoms with Crippen LogP contribution in [-0.2, 0) is 23.9 Å². The van der Waals surface area contributed by atoms with E-state index in [0.717, 1.165) is 25.7 Å². The molecule has 3 aliphatic rings. The van der Waals surface area contributed by atoms with Crippen LogP contribution in [-0.4, -0.2) is 35.0 Å². The Hall–Kier alpha value is -0.690. The van der Waals surface area contributed by atoms with Gasteiger partial charge in [-0.3, -0.25) is 10.1 Å². The molecule has 2 aliphatic heterocycles. The summed E-state index contributed by atoms with van der Waals surface area (Å²) in [6.45, 7) is 11.9. The van der Waals surface area contributed by atoms with Crippen molar-refractivity contribution in [2.45, 2.75) is 91.0 Å². The fourth-order valence-corrected chi connectivity index (χ4v) is 5.20. The van der Waals surface area contributed by atoms with Gasteiger partial charge in [-0.25, -0.2) is 4.89 Å². The fraction of sp³-hybridized carbons (Fsp3) is 0.950. The molecule has 26 heavy (non-hydrogen) atoms. The summed E-state index contributed by atoms with van der Waals surface area (Å²) in [4.78, 5) is 17.4. The summed E-state index contributed by atoms with van der Waals surface area (Å²) < 4.78 is 18.1. The molecule has 6 heteroatoms. The van der Waals surface area contributed by atoms with Crippen LogP contribution in [0.3, 0.4) is 0 Å². The van der Waals surface area contributed by atoms with Crippen LogP contribution in [0.15, 0.2) is 0 Å². The van der Waals surface area contributed by atoms with Gasteiger partial charge in [-0.15, -0.1) is 0 Å². The molecule has 0 amide bonds. The number of hydrogen-bond acceptors (Lipinski definition) is 6. The molecule has 2 unspecified atom stereocenters. The second kappa shape index (κ2) is 7.04. The largest absolute Gasteiger partial charge is 0.435 e. The minimum atomic E-state index is -0.911. The van der Waals surface area contributed by atoms with E-state index in [1.807, 2.05) is 20.8 Å². The molecule has 0 bridgehead atoms. The minimum absolute atomic E-state index is 0.00584. The van der Waals surface area contributed by atoms with Crippen molar-refractivity contribution in [1.29, 1.82) is 0 Å². The smallest absolute Gasteiger partial charge is 0.310 e. The summed E-state index contributed by atoms with van der Waals surface area (Å²) in [5, 5.41) is 10.1. The van der Waals surface area contributed by atoms with Crippen LogP contribution in [0.5, 0.6) is 0 Å². The fourth-order valence-electron chi connectivity index (χ4n) is 5.20. The third kappa shape index (κ3) is 3.19. The third-order valence-corrected chi connectivity index (χ3v) is 6.81. The van der Waals surface area contributed by atoms with Crippen LogP contribution in [0.4, 0.5) is 0 Å². The van der Waals surface area contributed by atoms with Crippen molar-refractivity contribution in [1.82, 2.24) is 0 Å². The van der Waals surface area contributed by atoms with Gasteiger partial charge in [0.05, 0.1) is 11.5 Å². The zero-order valence-electron chi connectivity index (χ0n) is 16.9. The lowest BCUT2D eigenvalue weighted by Gasteiger charge is -2.57. The molecule has 1 aliphatic carbocycles. The predicted molar refractivity (Wildman–Crippen MR) is 95.0 cm³/mol. The second-order valence-electron chi connectivity index (χ2n) is 9.42. The minimum Gasteiger partial charge on any atom is -0.435 e. The summed E-state index contributed by atoms with van der Waals surface area (Å²) in [6.07, 6.45) is 2.27. The number of hydrogen-bond donors (Lipinski definition) is 1. The molecule has 0 aromatic carbocycles. The van der Waals surface area contributed by atoms with Crippen LogP contribution in [0.1, 0.15) is 67.2 Å². The molecule has 2 saturated heterocycles. The van der Waals surface area contributed by atoms with Crippen molar-refractivity contribution in [2.75, 3.05) is 0 Å². The Balaban J connectivity index is 1.98. The van der Waals surface area contributed by atoms with Gasteiger partial charge in [0.1, 0.15) is 0 Å². The first-order chi connectivity index (χ1) is 12.1. The van der Waals surface area contributed by atoms with Crippen LogP contribution in [0.2, 0.25) is 0 Å². The summed E-state index contributed by atoms with van der Waals surface area (Å²) in [5.41, 5.74) is -1.31. The highest BCUT2D eigenvalue weighted by Gasteiger charge is 2.66.